The Morgan fingerprint density at radius 2 is 2.12 bits per heavy atom. The second-order valence-corrected chi connectivity index (χ2v) is 5.03. The van der Waals surface area contributed by atoms with Crippen molar-refractivity contribution in [2.24, 2.45) is 0 Å². The molecule has 0 unspecified atom stereocenters. The molecule has 0 fully saturated rings. The second-order valence-electron chi connectivity index (χ2n) is 3.75. The molecule has 0 aliphatic carbocycles. The molecule has 2 nitrogen and oxygen atoms in total. The third-order valence-corrected chi connectivity index (χ3v) is 3.69. The van der Waals surface area contributed by atoms with Gasteiger partial charge in [0.2, 0.25) is 0 Å². The van der Waals surface area contributed by atoms with E-state index in [0.29, 0.717) is 5.75 Å². The fourth-order valence-corrected chi connectivity index (χ4v) is 2.65. The number of rotatable bonds is 4. The molecule has 0 saturated carbocycles. The van der Waals surface area contributed by atoms with Crippen LogP contribution in [0.25, 0.3) is 10.9 Å². The minimum atomic E-state index is 0.382. The lowest BCUT2D eigenvalue weighted by Gasteiger charge is -2.01. The molecule has 1 aromatic carbocycles. The van der Waals surface area contributed by atoms with Crippen LogP contribution in [-0.2, 0) is 12.3 Å². The Kier molecular flexibility index (Phi) is 3.44. The fraction of sp³-hybridized carbons (Fsp3) is 0.385. The second kappa shape index (κ2) is 4.83. The maximum absolute atomic E-state index is 9.89. The first-order valence-corrected chi connectivity index (χ1v) is 6.80. The predicted molar refractivity (Wildman–Crippen MR) is 71.1 cm³/mol. The summed E-state index contributed by atoms with van der Waals surface area (Å²) in [7, 11) is 0. The van der Waals surface area contributed by atoms with Crippen molar-refractivity contribution in [3.63, 3.8) is 0 Å². The molecule has 0 spiro atoms. The molecule has 3 heteroatoms. The standard InChI is InChI=1S/C13H17NOS/c1-3-14-8-10(9-16-4-2)11-6-5-7-12(15)13(11)14/h5-8,15H,3-4,9H2,1-2H3. The molecular weight excluding hydrogens is 218 g/mol. The number of hydrogen-bond donors (Lipinski definition) is 1. The first-order chi connectivity index (χ1) is 7.77. The summed E-state index contributed by atoms with van der Waals surface area (Å²) in [5.74, 6) is 2.52. The summed E-state index contributed by atoms with van der Waals surface area (Å²) >= 11 is 1.91. The van der Waals surface area contributed by atoms with E-state index in [1.165, 1.54) is 10.9 Å². The SMILES string of the molecule is CCSCc1cn(CC)c2c(O)cccc12. The number of phenols is 1. The van der Waals surface area contributed by atoms with Gasteiger partial charge in [0.15, 0.2) is 0 Å². The molecule has 0 atom stereocenters. The zero-order valence-electron chi connectivity index (χ0n) is 9.73. The number of phenolic OH excluding ortho intramolecular Hbond substituents is 1. The molecule has 1 aromatic heterocycles. The van der Waals surface area contributed by atoms with Gasteiger partial charge < -0.3 is 9.67 Å². The third-order valence-electron chi connectivity index (χ3n) is 2.76. The van der Waals surface area contributed by atoms with E-state index in [0.717, 1.165) is 23.6 Å². The normalized spacial score (nSPS) is 11.1. The van der Waals surface area contributed by atoms with Gasteiger partial charge in [-0.15, -0.1) is 0 Å². The molecule has 2 rings (SSSR count). The Morgan fingerprint density at radius 1 is 1.31 bits per heavy atom. The van der Waals surface area contributed by atoms with Crippen molar-refractivity contribution in [1.82, 2.24) is 4.57 Å². The third kappa shape index (κ3) is 1.92. The van der Waals surface area contributed by atoms with E-state index in [1.807, 2.05) is 17.8 Å². The molecule has 0 aliphatic heterocycles. The quantitative estimate of drug-likeness (QED) is 0.875. The zero-order valence-corrected chi connectivity index (χ0v) is 10.5. The van der Waals surface area contributed by atoms with Crippen LogP contribution in [0.5, 0.6) is 5.75 Å². The predicted octanol–water partition coefficient (Wildman–Crippen LogP) is 3.62. The lowest BCUT2D eigenvalue weighted by molar-refractivity contribution is 0.478. The van der Waals surface area contributed by atoms with Crippen molar-refractivity contribution in [1.29, 1.82) is 0 Å². The van der Waals surface area contributed by atoms with Crippen molar-refractivity contribution in [3.05, 3.63) is 30.0 Å². The van der Waals surface area contributed by atoms with Crippen molar-refractivity contribution < 1.29 is 5.11 Å². The van der Waals surface area contributed by atoms with E-state index in [-0.39, 0.29) is 0 Å². The molecule has 1 N–H and O–H groups in total. The fourth-order valence-electron chi connectivity index (χ4n) is 1.99. The molecular formula is C13H17NOS. The van der Waals surface area contributed by atoms with Crippen molar-refractivity contribution >= 4 is 22.7 Å². The summed E-state index contributed by atoms with van der Waals surface area (Å²) in [4.78, 5) is 0. The number of thioether (sulfide) groups is 1. The Bertz CT molecular complexity index is 490. The van der Waals surface area contributed by atoms with Gasteiger partial charge in [-0.05, 0) is 24.3 Å². The van der Waals surface area contributed by atoms with Crippen molar-refractivity contribution in [2.75, 3.05) is 5.75 Å². The van der Waals surface area contributed by atoms with Crippen LogP contribution < -0.4 is 0 Å². The average Bonchev–Trinajstić information content (AvgIpc) is 2.66. The summed E-state index contributed by atoms with van der Waals surface area (Å²) in [6.07, 6.45) is 2.16. The number of hydrogen-bond acceptors (Lipinski definition) is 2. The molecule has 0 bridgehead atoms. The number of aromatic hydroxyl groups is 1. The van der Waals surface area contributed by atoms with Crippen LogP contribution in [-0.4, -0.2) is 15.4 Å². The summed E-state index contributed by atoms with van der Waals surface area (Å²) in [5, 5.41) is 11.1. The Hall–Kier alpha value is -1.09. The molecule has 2 aromatic rings. The molecule has 86 valence electrons. The Balaban J connectivity index is 2.54. The van der Waals surface area contributed by atoms with E-state index in [1.54, 1.807) is 6.07 Å². The van der Waals surface area contributed by atoms with E-state index in [4.69, 9.17) is 0 Å². The number of aryl methyl sites for hydroxylation is 1. The molecule has 0 amide bonds. The van der Waals surface area contributed by atoms with Gasteiger partial charge in [-0.25, -0.2) is 0 Å². The van der Waals surface area contributed by atoms with Crippen LogP contribution in [0.2, 0.25) is 0 Å². The minimum absolute atomic E-state index is 0.382. The van der Waals surface area contributed by atoms with Crippen LogP contribution in [0.15, 0.2) is 24.4 Å². The van der Waals surface area contributed by atoms with Crippen molar-refractivity contribution in [3.8, 4) is 5.75 Å². The van der Waals surface area contributed by atoms with Gasteiger partial charge in [-0.2, -0.15) is 11.8 Å². The van der Waals surface area contributed by atoms with Crippen LogP contribution >= 0.6 is 11.8 Å². The summed E-state index contributed by atoms with van der Waals surface area (Å²) in [6, 6.07) is 5.76. The van der Waals surface area contributed by atoms with Gasteiger partial charge in [0, 0.05) is 23.9 Å². The number of aromatic nitrogens is 1. The summed E-state index contributed by atoms with van der Waals surface area (Å²) in [5.41, 5.74) is 2.29. The minimum Gasteiger partial charge on any atom is -0.506 e. The van der Waals surface area contributed by atoms with Crippen LogP contribution in [0.4, 0.5) is 0 Å². The van der Waals surface area contributed by atoms with Gasteiger partial charge >= 0.3 is 0 Å². The topological polar surface area (TPSA) is 25.2 Å². The molecule has 0 radical (unpaired) electrons. The number of para-hydroxylation sites is 1. The van der Waals surface area contributed by atoms with Gasteiger partial charge in [0.1, 0.15) is 5.75 Å². The number of benzene rings is 1. The highest BCUT2D eigenvalue weighted by Crippen LogP contribution is 2.30. The van der Waals surface area contributed by atoms with E-state index >= 15 is 0 Å². The van der Waals surface area contributed by atoms with Crippen LogP contribution in [0, 0.1) is 0 Å². The van der Waals surface area contributed by atoms with Crippen LogP contribution in [0.3, 0.4) is 0 Å². The molecule has 16 heavy (non-hydrogen) atoms. The summed E-state index contributed by atoms with van der Waals surface area (Å²) < 4.78 is 2.12. The van der Waals surface area contributed by atoms with Gasteiger partial charge in [0.05, 0.1) is 5.52 Å². The summed E-state index contributed by atoms with van der Waals surface area (Å²) in [6.45, 7) is 5.16. The largest absolute Gasteiger partial charge is 0.506 e. The van der Waals surface area contributed by atoms with Crippen LogP contribution in [0.1, 0.15) is 19.4 Å². The maximum Gasteiger partial charge on any atom is 0.139 e. The van der Waals surface area contributed by atoms with E-state index in [2.05, 4.69) is 30.7 Å². The monoisotopic (exact) mass is 235 g/mol. The highest BCUT2D eigenvalue weighted by molar-refractivity contribution is 7.98. The van der Waals surface area contributed by atoms with E-state index < -0.39 is 0 Å². The maximum atomic E-state index is 9.89. The van der Waals surface area contributed by atoms with Gasteiger partial charge in [0.25, 0.3) is 0 Å². The number of fused-ring (bicyclic) bond motifs is 1. The first kappa shape index (κ1) is 11.4. The van der Waals surface area contributed by atoms with Gasteiger partial charge in [-0.1, -0.05) is 19.1 Å². The lowest BCUT2D eigenvalue weighted by atomic mass is 10.2. The lowest BCUT2D eigenvalue weighted by Crippen LogP contribution is -1.90. The Morgan fingerprint density at radius 3 is 2.81 bits per heavy atom. The number of nitrogens with zero attached hydrogens (tertiary/aromatic N) is 1. The van der Waals surface area contributed by atoms with Gasteiger partial charge in [-0.3, -0.25) is 0 Å². The van der Waals surface area contributed by atoms with E-state index in [9.17, 15) is 5.11 Å². The zero-order chi connectivity index (χ0) is 11.5. The Labute approximate surface area is 100 Å². The molecule has 0 aliphatic rings. The highest BCUT2D eigenvalue weighted by atomic mass is 32.2. The first-order valence-electron chi connectivity index (χ1n) is 5.65. The average molecular weight is 235 g/mol. The molecule has 1 heterocycles. The van der Waals surface area contributed by atoms with Crippen molar-refractivity contribution in [2.45, 2.75) is 26.1 Å². The smallest absolute Gasteiger partial charge is 0.139 e. The highest BCUT2D eigenvalue weighted by Gasteiger charge is 2.10. The molecule has 0 saturated heterocycles.